The largest absolute Gasteiger partial charge is 0.491 e. The second-order valence-corrected chi connectivity index (χ2v) is 21.3. The van der Waals surface area contributed by atoms with Gasteiger partial charge in [0.15, 0.2) is 10.9 Å². The zero-order valence-corrected chi connectivity index (χ0v) is 43.4. The van der Waals surface area contributed by atoms with Gasteiger partial charge in [-0.3, -0.25) is 24.1 Å². The van der Waals surface area contributed by atoms with Crippen LogP contribution in [0, 0.1) is 23.7 Å². The Kier molecular flexibility index (Phi) is 16.6. The Balaban J connectivity index is 0.855. The van der Waals surface area contributed by atoms with Gasteiger partial charge < -0.3 is 29.7 Å². The van der Waals surface area contributed by atoms with Crippen molar-refractivity contribution < 1.29 is 46.9 Å². The number of thiazole rings is 1. The highest BCUT2D eigenvalue weighted by Gasteiger charge is 2.51. The van der Waals surface area contributed by atoms with Gasteiger partial charge in [-0.15, -0.1) is 11.3 Å². The first-order chi connectivity index (χ1) is 34.5. The summed E-state index contributed by atoms with van der Waals surface area (Å²) in [7, 11) is 0. The van der Waals surface area contributed by atoms with Gasteiger partial charge in [-0.05, 0) is 129 Å². The Morgan fingerprint density at radius 3 is 2.21 bits per heavy atom. The summed E-state index contributed by atoms with van der Waals surface area (Å²) in [6.45, 7) is 12.7. The van der Waals surface area contributed by atoms with E-state index in [0.29, 0.717) is 30.7 Å². The van der Waals surface area contributed by atoms with Gasteiger partial charge in [0.25, 0.3) is 5.91 Å². The lowest BCUT2D eigenvalue weighted by Gasteiger charge is -2.35. The third-order valence-corrected chi connectivity index (χ3v) is 14.5. The number of carbonyl (C=O) groups is 4. The second-order valence-electron chi connectivity index (χ2n) is 20.0. The first kappa shape index (κ1) is 54.3. The molecule has 5 aromatic rings. The number of nitrogens with one attached hydrogen (secondary N) is 1. The summed E-state index contributed by atoms with van der Waals surface area (Å²) < 4.78 is 53.2. The van der Waals surface area contributed by atoms with Crippen molar-refractivity contribution in [3.8, 4) is 33.4 Å². The number of nitriles is 1. The number of carbonyl (C=O) groups excluding carboxylic acids is 4. The SMILES string of the molecule is Cc1ncsc1-c1ccc(CCC(=O)[C@@H]2C[C@@H](O)CN2C(=O)[C@@H](NC(=O)COCCC[C@@H](C)Oc2ccc(-c3ccc(N4C(=S)N(c5ccc(C#N)c(C(F)(F)F)c5)C(=O)C4(C)C)cc3)cc2)C(C)(C)C)cc1. The van der Waals surface area contributed by atoms with E-state index < -0.39 is 64.2 Å². The Morgan fingerprint density at radius 2 is 1.60 bits per heavy atom. The molecule has 7 rings (SSSR count). The fourth-order valence-electron chi connectivity index (χ4n) is 9.13. The molecule has 4 aromatic carbocycles. The van der Waals surface area contributed by atoms with Crippen molar-refractivity contribution in [2.24, 2.45) is 5.41 Å². The third kappa shape index (κ3) is 12.5. The number of aromatic nitrogens is 1. The van der Waals surface area contributed by atoms with Gasteiger partial charge in [0.2, 0.25) is 11.8 Å². The number of ether oxygens (including phenoxy) is 2. The molecule has 0 unspecified atom stereocenters. The summed E-state index contributed by atoms with van der Waals surface area (Å²) in [6, 6.07) is 25.7. The van der Waals surface area contributed by atoms with Crippen molar-refractivity contribution in [1.82, 2.24) is 15.2 Å². The third-order valence-electron chi connectivity index (χ3n) is 13.1. The summed E-state index contributed by atoms with van der Waals surface area (Å²) in [5.74, 6) is -0.900. The Labute approximate surface area is 432 Å². The number of β-amino-alcohol motifs (C(OH)–C–C–N with tert-alkyl or cyclic N) is 1. The molecule has 0 spiro atoms. The molecule has 73 heavy (non-hydrogen) atoms. The maximum Gasteiger partial charge on any atom is 0.417 e. The minimum absolute atomic E-state index is 0.00261. The van der Waals surface area contributed by atoms with E-state index in [1.54, 1.807) is 48.3 Å². The van der Waals surface area contributed by atoms with E-state index in [1.165, 1.54) is 11.0 Å². The standard InChI is InChI=1S/C55H59F3N6O7S2/c1-33(71-43-23-18-37(19-24-43)36-15-20-40(21-16-36)64-52(72)63(51(69)54(64,6)7)41-22-17-39(29-59)44(27-41)55(56,57)58)9-8-26-70-31-47(67)61-49(53(3,4)5)50(68)62-30-42(65)28-45(62)46(66)25-12-35-10-13-38(14-11-35)48-34(2)60-32-73-48/h10-11,13-24,27,32-33,42,45,49,65H,8-9,12,25-26,28,30-31H2,1-7H3,(H,61,67)/t33-,42-,45+,49-/m1/s1. The van der Waals surface area contributed by atoms with E-state index in [4.69, 9.17) is 21.7 Å². The quantitative estimate of drug-likeness (QED) is 0.0634. The van der Waals surface area contributed by atoms with E-state index in [2.05, 4.69) is 10.3 Å². The topological polar surface area (TPSA) is 165 Å². The van der Waals surface area contributed by atoms with Crippen LogP contribution in [0.1, 0.15) is 89.6 Å². The first-order valence-electron chi connectivity index (χ1n) is 24.0. The van der Waals surface area contributed by atoms with Crippen LogP contribution in [0.25, 0.3) is 21.6 Å². The van der Waals surface area contributed by atoms with Gasteiger partial charge >= 0.3 is 6.18 Å². The van der Waals surface area contributed by atoms with Crippen LogP contribution in [0.3, 0.4) is 0 Å². The number of likely N-dealkylation sites (tertiary alicyclic amines) is 1. The van der Waals surface area contributed by atoms with E-state index in [-0.39, 0.29) is 55.3 Å². The van der Waals surface area contributed by atoms with Crippen molar-refractivity contribution in [3.63, 3.8) is 0 Å². The number of amides is 3. The first-order valence-corrected chi connectivity index (χ1v) is 25.3. The number of ketones is 1. The lowest BCUT2D eigenvalue weighted by Crippen LogP contribution is -2.57. The van der Waals surface area contributed by atoms with E-state index in [1.807, 2.05) is 101 Å². The zero-order valence-electron chi connectivity index (χ0n) is 41.8. The van der Waals surface area contributed by atoms with Crippen LogP contribution in [0.5, 0.6) is 5.75 Å². The number of hydrogen-bond donors (Lipinski definition) is 2. The molecule has 2 saturated heterocycles. The summed E-state index contributed by atoms with van der Waals surface area (Å²) in [4.78, 5) is 64.0. The number of nitrogens with zero attached hydrogens (tertiary/aromatic N) is 5. The highest BCUT2D eigenvalue weighted by Crippen LogP contribution is 2.40. The molecule has 0 aliphatic carbocycles. The van der Waals surface area contributed by atoms with Crippen LogP contribution >= 0.6 is 23.6 Å². The molecule has 0 radical (unpaired) electrons. The fourth-order valence-corrected chi connectivity index (χ4v) is 10.5. The van der Waals surface area contributed by atoms with Gasteiger partial charge in [-0.25, -0.2) is 4.98 Å². The van der Waals surface area contributed by atoms with Crippen LogP contribution < -0.4 is 19.9 Å². The number of aryl methyl sites for hydroxylation is 2. The number of thiocarbonyl (C=S) groups is 1. The number of benzene rings is 4. The Bertz CT molecular complexity index is 2880. The van der Waals surface area contributed by atoms with Gasteiger partial charge in [0.05, 0.1) is 57.2 Å². The van der Waals surface area contributed by atoms with Crippen molar-refractivity contribution >= 4 is 63.5 Å². The molecule has 13 nitrogen and oxygen atoms in total. The smallest absolute Gasteiger partial charge is 0.417 e. The highest BCUT2D eigenvalue weighted by molar-refractivity contribution is 7.81. The summed E-state index contributed by atoms with van der Waals surface area (Å²) in [5.41, 5.74) is 3.41. The number of halogens is 3. The summed E-state index contributed by atoms with van der Waals surface area (Å²) >= 11 is 7.26. The van der Waals surface area contributed by atoms with Crippen LogP contribution in [-0.4, -0.2) is 93.2 Å². The second kappa shape index (κ2) is 22.3. The van der Waals surface area contributed by atoms with Crippen LogP contribution in [0.4, 0.5) is 24.5 Å². The van der Waals surface area contributed by atoms with Crippen LogP contribution in [0.15, 0.2) is 96.5 Å². The van der Waals surface area contributed by atoms with E-state index in [9.17, 15) is 42.7 Å². The minimum atomic E-state index is -4.81. The summed E-state index contributed by atoms with van der Waals surface area (Å²) in [5, 5.41) is 22.7. The summed E-state index contributed by atoms with van der Waals surface area (Å²) in [6.07, 6.45) is -3.80. The molecule has 18 heteroatoms. The van der Waals surface area contributed by atoms with Gasteiger partial charge in [0, 0.05) is 31.7 Å². The minimum Gasteiger partial charge on any atom is -0.491 e. The van der Waals surface area contributed by atoms with E-state index in [0.717, 1.165) is 49.9 Å². The molecule has 4 atom stereocenters. The number of alkyl halides is 3. The van der Waals surface area contributed by atoms with E-state index >= 15 is 0 Å². The van der Waals surface area contributed by atoms with Crippen molar-refractivity contribution in [2.45, 2.75) is 117 Å². The number of anilines is 2. The average Bonchev–Trinajstić information content (AvgIpc) is 4.01. The van der Waals surface area contributed by atoms with Crippen molar-refractivity contribution in [3.05, 3.63) is 119 Å². The molecule has 2 aliphatic heterocycles. The number of aliphatic hydroxyl groups is 1. The highest BCUT2D eigenvalue weighted by atomic mass is 32.1. The molecule has 3 heterocycles. The number of rotatable bonds is 18. The maximum absolute atomic E-state index is 14.1. The van der Waals surface area contributed by atoms with Crippen LogP contribution in [-0.2, 0) is 36.5 Å². The number of aliphatic hydroxyl groups excluding tert-OH is 1. The lowest BCUT2D eigenvalue weighted by molar-refractivity contribution is -0.144. The molecule has 1 aromatic heterocycles. The van der Waals surface area contributed by atoms with Crippen LogP contribution in [0.2, 0.25) is 0 Å². The predicted molar refractivity (Wildman–Crippen MR) is 278 cm³/mol. The molecule has 2 aliphatic rings. The van der Waals surface area contributed by atoms with Crippen molar-refractivity contribution in [2.75, 3.05) is 29.6 Å². The van der Waals surface area contributed by atoms with Gasteiger partial charge in [-0.1, -0.05) is 69.3 Å². The molecule has 3 amide bonds. The number of hydrogen-bond acceptors (Lipinski definition) is 11. The zero-order chi connectivity index (χ0) is 53.0. The molecule has 0 bridgehead atoms. The van der Waals surface area contributed by atoms with Gasteiger partial charge in [0.1, 0.15) is 23.9 Å². The number of Topliss-reactive ketones (excluding diaryl/α,β-unsaturated/α-hetero) is 1. The normalized spacial score (nSPS) is 17.6. The molecular weight excluding hydrogens is 978 g/mol. The van der Waals surface area contributed by atoms with Gasteiger partial charge in [-0.2, -0.15) is 18.4 Å². The molecule has 2 N–H and O–H groups in total. The Morgan fingerprint density at radius 1 is 0.973 bits per heavy atom. The molecular formula is C55H59F3N6O7S2. The lowest BCUT2D eigenvalue weighted by atomic mass is 9.85. The molecule has 0 saturated carbocycles. The molecule has 2 fully saturated rings. The average molecular weight is 1040 g/mol. The monoisotopic (exact) mass is 1040 g/mol. The Hall–Kier alpha value is -6.52. The predicted octanol–water partition coefficient (Wildman–Crippen LogP) is 9.85. The molecule has 384 valence electrons. The maximum atomic E-state index is 14.1. The van der Waals surface area contributed by atoms with Crippen molar-refractivity contribution in [1.29, 1.82) is 5.26 Å². The fraction of sp³-hybridized carbons (Fsp3) is 0.400.